The van der Waals surface area contributed by atoms with Crippen LogP contribution in [0.1, 0.15) is 50.5 Å². The van der Waals surface area contributed by atoms with Crippen LogP contribution in [0.5, 0.6) is 0 Å². The number of hydrogen-bond donors (Lipinski definition) is 3. The van der Waals surface area contributed by atoms with Crippen molar-refractivity contribution in [1.82, 2.24) is 30.4 Å². The van der Waals surface area contributed by atoms with Crippen LogP contribution in [0.25, 0.3) is 10.9 Å². The third-order valence-corrected chi connectivity index (χ3v) is 7.52. The van der Waals surface area contributed by atoms with E-state index in [4.69, 9.17) is 10.5 Å². The number of rotatable bonds is 7. The van der Waals surface area contributed by atoms with E-state index in [-0.39, 0.29) is 35.4 Å². The average Bonchev–Trinajstić information content (AvgIpc) is 3.05. The van der Waals surface area contributed by atoms with E-state index in [1.54, 1.807) is 41.4 Å². The fourth-order valence-corrected chi connectivity index (χ4v) is 5.25. The molecule has 4 N–H and O–H groups in total. The van der Waals surface area contributed by atoms with Crippen LogP contribution in [0.15, 0.2) is 60.8 Å². The van der Waals surface area contributed by atoms with Crippen LogP contribution in [0.3, 0.4) is 0 Å². The molecule has 43 heavy (non-hydrogen) atoms. The normalized spacial score (nSPS) is 17.0. The number of nitrogens with one attached hydrogen (secondary N) is 2. The van der Waals surface area contributed by atoms with E-state index in [1.165, 1.54) is 0 Å². The number of nitrogens with zero attached hydrogens (tertiary/aromatic N) is 6. The zero-order valence-corrected chi connectivity index (χ0v) is 23.4. The van der Waals surface area contributed by atoms with E-state index in [1.807, 2.05) is 29.2 Å². The van der Waals surface area contributed by atoms with Crippen LogP contribution < -0.4 is 21.3 Å². The number of carbonyl (C=O) groups is 3. The van der Waals surface area contributed by atoms with Crippen molar-refractivity contribution in [2.24, 2.45) is 5.73 Å². The van der Waals surface area contributed by atoms with Crippen LogP contribution in [0, 0.1) is 0 Å². The van der Waals surface area contributed by atoms with Gasteiger partial charge >= 0.3 is 0 Å². The number of primary amides is 1. The summed E-state index contributed by atoms with van der Waals surface area (Å²) >= 11 is 0. The third-order valence-electron chi connectivity index (χ3n) is 7.52. The van der Waals surface area contributed by atoms with Crippen molar-refractivity contribution in [1.29, 1.82) is 0 Å². The third kappa shape index (κ3) is 6.21. The van der Waals surface area contributed by atoms with E-state index in [2.05, 4.69) is 30.8 Å². The molecule has 0 saturated carbocycles. The van der Waals surface area contributed by atoms with Gasteiger partial charge in [-0.2, -0.15) is 4.98 Å². The lowest BCUT2D eigenvalue weighted by Gasteiger charge is -2.36. The molecular weight excluding hydrogens is 550 g/mol. The van der Waals surface area contributed by atoms with E-state index in [9.17, 15) is 14.4 Å². The zero-order chi connectivity index (χ0) is 29.8. The number of amides is 3. The summed E-state index contributed by atoms with van der Waals surface area (Å²) in [5, 5.41) is 15.3. The molecule has 2 aromatic carbocycles. The molecule has 220 valence electrons. The molecule has 4 heterocycles. The smallest absolute Gasteiger partial charge is 0.273 e. The Balaban J connectivity index is 1.20. The minimum Gasteiger partial charge on any atom is -0.378 e. The molecule has 4 aromatic rings. The SMILES string of the molecule is NC(=O)c1nnc(N2CCCC[C@@H]2NC(=O)c2ccc3ncccc3c2)nc1Nc1ccc(C(=O)N2CCOCC2)cc1. The maximum atomic E-state index is 13.2. The molecule has 2 aliphatic rings. The lowest BCUT2D eigenvalue weighted by Crippen LogP contribution is -2.51. The Kier molecular flexibility index (Phi) is 8.05. The van der Waals surface area contributed by atoms with Crippen LogP contribution >= 0.6 is 0 Å². The minimum absolute atomic E-state index is 0.0720. The van der Waals surface area contributed by atoms with Gasteiger partial charge in [0.1, 0.15) is 6.17 Å². The number of benzene rings is 2. The van der Waals surface area contributed by atoms with Crippen LogP contribution in [0.2, 0.25) is 0 Å². The van der Waals surface area contributed by atoms with Crippen molar-refractivity contribution in [3.8, 4) is 0 Å². The van der Waals surface area contributed by atoms with Crippen molar-refractivity contribution in [2.75, 3.05) is 43.1 Å². The number of ether oxygens (including phenoxy) is 1. The first-order valence-corrected chi connectivity index (χ1v) is 14.2. The molecule has 13 heteroatoms. The number of piperidine rings is 1. The molecule has 3 amide bonds. The standard InChI is InChI=1S/C30H31N9O4/c31-26(40)25-27(33-22-9-6-19(7-10-22)29(42)38-14-16-43-17-15-38)35-30(37-36-25)39-13-2-1-5-24(39)34-28(41)21-8-11-23-20(18-21)4-3-12-32-23/h3-4,6-12,18,24H,1-2,5,13-17H2,(H2,31,40)(H,34,41)(H,33,35,37)/t24-/m1/s1. The van der Waals surface area contributed by atoms with Gasteiger partial charge in [0.05, 0.1) is 18.7 Å². The highest BCUT2D eigenvalue weighted by Crippen LogP contribution is 2.25. The summed E-state index contributed by atoms with van der Waals surface area (Å²) in [5.74, 6) is -0.712. The maximum Gasteiger partial charge on any atom is 0.273 e. The number of carbonyl (C=O) groups excluding carboxylic acids is 3. The maximum absolute atomic E-state index is 13.2. The highest BCUT2D eigenvalue weighted by Gasteiger charge is 2.28. The van der Waals surface area contributed by atoms with Gasteiger partial charge in [0.15, 0.2) is 11.5 Å². The largest absolute Gasteiger partial charge is 0.378 e. The molecule has 6 rings (SSSR count). The van der Waals surface area contributed by atoms with Crippen molar-refractivity contribution < 1.29 is 19.1 Å². The molecule has 0 spiro atoms. The first-order valence-electron chi connectivity index (χ1n) is 14.2. The summed E-state index contributed by atoms with van der Waals surface area (Å²) in [4.78, 5) is 50.8. The molecule has 13 nitrogen and oxygen atoms in total. The number of aromatic nitrogens is 4. The summed E-state index contributed by atoms with van der Waals surface area (Å²) in [7, 11) is 0. The summed E-state index contributed by atoms with van der Waals surface area (Å²) < 4.78 is 5.33. The topological polar surface area (TPSA) is 169 Å². The second-order valence-corrected chi connectivity index (χ2v) is 10.4. The van der Waals surface area contributed by atoms with Gasteiger partial charge in [0.2, 0.25) is 5.95 Å². The van der Waals surface area contributed by atoms with Crippen LogP contribution in [0.4, 0.5) is 17.5 Å². The molecule has 2 fully saturated rings. The van der Waals surface area contributed by atoms with Crippen molar-refractivity contribution in [2.45, 2.75) is 25.4 Å². The number of fused-ring (bicyclic) bond motifs is 1. The fourth-order valence-electron chi connectivity index (χ4n) is 5.25. The van der Waals surface area contributed by atoms with Gasteiger partial charge in [-0.3, -0.25) is 19.4 Å². The van der Waals surface area contributed by atoms with Crippen molar-refractivity contribution in [3.05, 3.63) is 77.6 Å². The van der Waals surface area contributed by atoms with Crippen molar-refractivity contribution in [3.63, 3.8) is 0 Å². The Bertz CT molecular complexity index is 1660. The van der Waals surface area contributed by atoms with Gasteiger partial charge in [0.25, 0.3) is 17.7 Å². The van der Waals surface area contributed by atoms with Gasteiger partial charge in [-0.05, 0) is 67.8 Å². The first-order chi connectivity index (χ1) is 21.0. The molecule has 0 bridgehead atoms. The molecule has 2 aliphatic heterocycles. The zero-order valence-electron chi connectivity index (χ0n) is 23.4. The highest BCUT2D eigenvalue weighted by atomic mass is 16.5. The number of nitrogens with two attached hydrogens (primary N) is 1. The molecule has 2 aromatic heterocycles. The Labute approximate surface area is 247 Å². The number of pyridine rings is 1. The lowest BCUT2D eigenvalue weighted by atomic mass is 10.1. The van der Waals surface area contributed by atoms with Gasteiger partial charge < -0.3 is 30.9 Å². The predicted octanol–water partition coefficient (Wildman–Crippen LogP) is 2.48. The Morgan fingerprint density at radius 1 is 0.930 bits per heavy atom. The van der Waals surface area contributed by atoms with Crippen molar-refractivity contribution >= 4 is 46.1 Å². The van der Waals surface area contributed by atoms with Gasteiger partial charge in [-0.15, -0.1) is 10.2 Å². The summed E-state index contributed by atoms with van der Waals surface area (Å²) in [5.41, 5.74) is 7.91. The minimum atomic E-state index is -0.789. The highest BCUT2D eigenvalue weighted by molar-refractivity contribution is 5.98. The van der Waals surface area contributed by atoms with E-state index in [0.29, 0.717) is 56.1 Å². The predicted molar refractivity (Wildman–Crippen MR) is 159 cm³/mol. The second-order valence-electron chi connectivity index (χ2n) is 10.4. The summed E-state index contributed by atoms with van der Waals surface area (Å²) in [6.45, 7) is 2.73. The summed E-state index contributed by atoms with van der Waals surface area (Å²) in [6, 6.07) is 16.0. The molecule has 0 aliphatic carbocycles. The van der Waals surface area contributed by atoms with E-state index >= 15 is 0 Å². The lowest BCUT2D eigenvalue weighted by molar-refractivity contribution is 0.0303. The average molecular weight is 582 g/mol. The molecular formula is C30H31N9O4. The second kappa shape index (κ2) is 12.4. The Morgan fingerprint density at radius 3 is 2.51 bits per heavy atom. The van der Waals surface area contributed by atoms with E-state index in [0.717, 1.165) is 23.7 Å². The van der Waals surface area contributed by atoms with Gasteiger partial charge in [-0.1, -0.05) is 6.07 Å². The number of hydrogen-bond acceptors (Lipinski definition) is 10. The molecule has 0 unspecified atom stereocenters. The Morgan fingerprint density at radius 2 is 1.72 bits per heavy atom. The number of morpholine rings is 1. The molecule has 2 saturated heterocycles. The van der Waals surface area contributed by atoms with Crippen LogP contribution in [-0.4, -0.2) is 81.8 Å². The summed E-state index contributed by atoms with van der Waals surface area (Å²) in [6.07, 6.45) is 3.80. The molecule has 1 atom stereocenters. The Hall–Kier alpha value is -5.17. The first kappa shape index (κ1) is 28.0. The monoisotopic (exact) mass is 581 g/mol. The van der Waals surface area contributed by atoms with Gasteiger partial charge in [0, 0.05) is 48.0 Å². The fraction of sp³-hybridized carbons (Fsp3) is 0.300. The van der Waals surface area contributed by atoms with E-state index < -0.39 is 5.91 Å². The van der Waals surface area contributed by atoms with Gasteiger partial charge in [-0.25, -0.2) is 0 Å². The number of anilines is 3. The van der Waals surface area contributed by atoms with Crippen LogP contribution in [-0.2, 0) is 4.74 Å². The quantitative estimate of drug-likeness (QED) is 0.295. The molecule has 0 radical (unpaired) electrons.